The average Bonchev–Trinajstić information content (AvgIpc) is 2.50. The Kier molecular flexibility index (Phi) is 9.89. The Hall–Kier alpha value is -1.12. The number of allylic oxidation sites excluding steroid dienone is 1. The second kappa shape index (κ2) is 11.7. The van der Waals surface area contributed by atoms with E-state index in [1.165, 1.54) is 38.5 Å². The van der Waals surface area contributed by atoms with Crippen molar-refractivity contribution in [2.75, 3.05) is 6.61 Å². The molecule has 0 saturated carbocycles. The summed E-state index contributed by atoms with van der Waals surface area (Å²) >= 11 is 0. The van der Waals surface area contributed by atoms with Gasteiger partial charge in [0.2, 0.25) is 0 Å². The summed E-state index contributed by atoms with van der Waals surface area (Å²) < 4.78 is 5.43. The lowest BCUT2D eigenvalue weighted by Crippen LogP contribution is -2.04. The Bertz CT molecular complexity index is 335. The van der Waals surface area contributed by atoms with Gasteiger partial charge in [0.15, 0.2) is 6.29 Å². The fourth-order valence-corrected chi connectivity index (χ4v) is 2.18. The summed E-state index contributed by atoms with van der Waals surface area (Å²) in [6, 6.07) is 9.52. The van der Waals surface area contributed by atoms with E-state index in [2.05, 4.69) is 6.58 Å². The Balaban J connectivity index is 1.91. The zero-order valence-corrected chi connectivity index (χ0v) is 12.5. The first-order chi connectivity index (χ1) is 9.84. The van der Waals surface area contributed by atoms with Gasteiger partial charge in [0.1, 0.15) is 0 Å². The van der Waals surface area contributed by atoms with Crippen molar-refractivity contribution in [3.05, 3.63) is 48.6 Å². The summed E-state index contributed by atoms with van der Waals surface area (Å²) in [5, 5.41) is 9.81. The maximum atomic E-state index is 9.81. The van der Waals surface area contributed by atoms with Crippen molar-refractivity contribution in [2.45, 2.75) is 57.7 Å². The largest absolute Gasteiger partial charge is 0.364 e. The summed E-state index contributed by atoms with van der Waals surface area (Å²) in [6.45, 7) is 4.36. The highest BCUT2D eigenvalue weighted by Gasteiger charge is 2.05. The molecular weight excluding hydrogens is 248 g/mol. The normalized spacial score (nSPS) is 12.2. The second-order valence-corrected chi connectivity index (χ2v) is 5.19. The van der Waals surface area contributed by atoms with Gasteiger partial charge in [-0.3, -0.25) is 0 Å². The summed E-state index contributed by atoms with van der Waals surface area (Å²) in [7, 11) is 0. The van der Waals surface area contributed by atoms with Crippen LogP contribution in [-0.4, -0.2) is 11.7 Å². The first kappa shape index (κ1) is 16.9. The van der Waals surface area contributed by atoms with Gasteiger partial charge in [-0.25, -0.2) is 0 Å². The molecule has 1 rings (SSSR count). The predicted molar refractivity (Wildman–Crippen MR) is 84.5 cm³/mol. The molecule has 0 heterocycles. The molecule has 1 atom stereocenters. The monoisotopic (exact) mass is 276 g/mol. The lowest BCUT2D eigenvalue weighted by molar-refractivity contribution is -0.103. The van der Waals surface area contributed by atoms with Gasteiger partial charge in [-0.1, -0.05) is 68.5 Å². The molecule has 1 unspecified atom stereocenters. The van der Waals surface area contributed by atoms with Crippen molar-refractivity contribution in [3.8, 4) is 0 Å². The van der Waals surface area contributed by atoms with E-state index in [4.69, 9.17) is 4.74 Å². The van der Waals surface area contributed by atoms with Crippen molar-refractivity contribution in [1.82, 2.24) is 0 Å². The topological polar surface area (TPSA) is 29.5 Å². The maximum Gasteiger partial charge on any atom is 0.181 e. The van der Waals surface area contributed by atoms with E-state index in [-0.39, 0.29) is 0 Å². The van der Waals surface area contributed by atoms with Crippen LogP contribution in [0.2, 0.25) is 0 Å². The Morgan fingerprint density at radius 3 is 2.20 bits per heavy atom. The van der Waals surface area contributed by atoms with E-state index in [9.17, 15) is 5.11 Å². The molecule has 20 heavy (non-hydrogen) atoms. The standard InChI is InChI=1S/C18H28O2/c1-2-3-4-5-6-7-8-9-13-16-20-18(19)17-14-11-10-12-15-17/h2,10-12,14-15,18-19H,1,3-9,13,16H2. The van der Waals surface area contributed by atoms with Crippen LogP contribution >= 0.6 is 0 Å². The quantitative estimate of drug-likeness (QED) is 0.331. The zero-order valence-electron chi connectivity index (χ0n) is 12.5. The number of aliphatic hydroxyl groups is 1. The Morgan fingerprint density at radius 2 is 1.55 bits per heavy atom. The van der Waals surface area contributed by atoms with Crippen molar-refractivity contribution in [1.29, 1.82) is 0 Å². The van der Waals surface area contributed by atoms with Crippen LogP contribution in [-0.2, 0) is 4.74 Å². The third-order valence-corrected chi connectivity index (χ3v) is 3.41. The van der Waals surface area contributed by atoms with E-state index >= 15 is 0 Å². The minimum atomic E-state index is -0.782. The van der Waals surface area contributed by atoms with Crippen molar-refractivity contribution in [3.63, 3.8) is 0 Å². The molecule has 0 amide bonds. The minimum absolute atomic E-state index is 0.631. The van der Waals surface area contributed by atoms with Gasteiger partial charge in [0.05, 0.1) is 6.61 Å². The Morgan fingerprint density at radius 1 is 0.950 bits per heavy atom. The van der Waals surface area contributed by atoms with Crippen LogP contribution in [0.3, 0.4) is 0 Å². The van der Waals surface area contributed by atoms with Crippen LogP contribution in [0, 0.1) is 0 Å². The highest BCUT2D eigenvalue weighted by atomic mass is 16.6. The maximum absolute atomic E-state index is 9.81. The number of ether oxygens (including phenoxy) is 1. The highest BCUT2D eigenvalue weighted by molar-refractivity contribution is 5.15. The number of unbranched alkanes of at least 4 members (excludes halogenated alkanes) is 7. The fraction of sp³-hybridized carbons (Fsp3) is 0.556. The summed E-state index contributed by atoms with van der Waals surface area (Å²) in [4.78, 5) is 0. The summed E-state index contributed by atoms with van der Waals surface area (Å²) in [6.07, 6.45) is 11.0. The van der Waals surface area contributed by atoms with Crippen LogP contribution in [0.5, 0.6) is 0 Å². The summed E-state index contributed by atoms with van der Waals surface area (Å²) in [5.74, 6) is 0. The average molecular weight is 276 g/mol. The highest BCUT2D eigenvalue weighted by Crippen LogP contribution is 2.14. The minimum Gasteiger partial charge on any atom is -0.364 e. The molecule has 0 fully saturated rings. The van der Waals surface area contributed by atoms with Gasteiger partial charge in [0.25, 0.3) is 0 Å². The van der Waals surface area contributed by atoms with Crippen molar-refractivity contribution < 1.29 is 9.84 Å². The van der Waals surface area contributed by atoms with Gasteiger partial charge in [0, 0.05) is 5.56 Å². The number of hydrogen-bond donors (Lipinski definition) is 1. The number of aliphatic hydroxyl groups excluding tert-OH is 1. The first-order valence-electron chi connectivity index (χ1n) is 7.80. The molecule has 1 N–H and O–H groups in total. The molecule has 0 aliphatic carbocycles. The van der Waals surface area contributed by atoms with E-state index in [0.717, 1.165) is 18.4 Å². The van der Waals surface area contributed by atoms with Crippen LogP contribution < -0.4 is 0 Å². The Labute approximate surface area is 123 Å². The second-order valence-electron chi connectivity index (χ2n) is 5.19. The molecule has 2 nitrogen and oxygen atoms in total. The molecule has 2 heteroatoms. The van der Waals surface area contributed by atoms with Crippen molar-refractivity contribution >= 4 is 0 Å². The molecule has 0 bridgehead atoms. The van der Waals surface area contributed by atoms with Crippen molar-refractivity contribution in [2.24, 2.45) is 0 Å². The number of rotatable bonds is 12. The lowest BCUT2D eigenvalue weighted by Gasteiger charge is -2.11. The molecular formula is C18H28O2. The van der Waals surface area contributed by atoms with Crippen LogP contribution in [0.4, 0.5) is 0 Å². The van der Waals surface area contributed by atoms with Gasteiger partial charge >= 0.3 is 0 Å². The van der Waals surface area contributed by atoms with E-state index in [1.54, 1.807) is 0 Å². The molecule has 1 aromatic rings. The molecule has 0 aromatic heterocycles. The van der Waals surface area contributed by atoms with E-state index in [1.807, 2.05) is 36.4 Å². The SMILES string of the molecule is C=CCCCCCCCCCOC(O)c1ccccc1. The van der Waals surface area contributed by atoms with Gasteiger partial charge in [-0.05, 0) is 19.3 Å². The number of benzene rings is 1. The molecule has 0 spiro atoms. The van der Waals surface area contributed by atoms with Crippen LogP contribution in [0.25, 0.3) is 0 Å². The third kappa shape index (κ3) is 8.13. The summed E-state index contributed by atoms with van der Waals surface area (Å²) in [5.41, 5.74) is 0.828. The first-order valence-corrected chi connectivity index (χ1v) is 7.80. The molecule has 0 aliphatic rings. The lowest BCUT2D eigenvalue weighted by atomic mass is 10.1. The molecule has 0 radical (unpaired) electrons. The smallest absolute Gasteiger partial charge is 0.181 e. The fourth-order valence-electron chi connectivity index (χ4n) is 2.18. The van der Waals surface area contributed by atoms with E-state index in [0.29, 0.717) is 6.61 Å². The van der Waals surface area contributed by atoms with Crippen LogP contribution in [0.1, 0.15) is 63.2 Å². The number of hydrogen-bond acceptors (Lipinski definition) is 2. The third-order valence-electron chi connectivity index (χ3n) is 3.41. The molecule has 1 aromatic carbocycles. The van der Waals surface area contributed by atoms with Gasteiger partial charge < -0.3 is 9.84 Å². The molecule has 112 valence electrons. The zero-order chi connectivity index (χ0) is 14.5. The molecule has 0 aliphatic heterocycles. The van der Waals surface area contributed by atoms with E-state index < -0.39 is 6.29 Å². The van der Waals surface area contributed by atoms with Gasteiger partial charge in [-0.2, -0.15) is 0 Å². The molecule has 0 saturated heterocycles. The van der Waals surface area contributed by atoms with Crippen LogP contribution in [0.15, 0.2) is 43.0 Å². The van der Waals surface area contributed by atoms with Gasteiger partial charge in [-0.15, -0.1) is 6.58 Å². The predicted octanol–water partition coefficient (Wildman–Crippen LogP) is 5.00.